The summed E-state index contributed by atoms with van der Waals surface area (Å²) < 4.78 is 16.9. The molecule has 1 aliphatic rings. The van der Waals surface area contributed by atoms with E-state index in [1.54, 1.807) is 0 Å². The molecule has 0 aliphatic heterocycles. The molecule has 1 aliphatic carbocycles. The Morgan fingerprint density at radius 2 is 1.34 bits per heavy atom. The van der Waals surface area contributed by atoms with Crippen LogP contribution < -0.4 is 20.1 Å². The van der Waals surface area contributed by atoms with Crippen LogP contribution >= 0.6 is 0 Å². The lowest BCUT2D eigenvalue weighted by atomic mass is 9.98. The molecule has 44 heavy (non-hydrogen) atoms. The predicted octanol–water partition coefficient (Wildman–Crippen LogP) is 6.97. The zero-order chi connectivity index (χ0) is 31.3. The van der Waals surface area contributed by atoms with Gasteiger partial charge in [-0.15, -0.1) is 0 Å². The number of fused-ring (bicyclic) bond motifs is 3. The SMILES string of the molecule is CC(C)(C)Oc1ccc(C[C@@H](NC(=O)OCC2c3ccccc3-c3ccccc32)NC(=O)Oc2ccc([N+](=O)[O-])cc2)cc1. The summed E-state index contributed by atoms with van der Waals surface area (Å²) in [6.45, 7) is 5.97. The minimum atomic E-state index is -0.898. The second kappa shape index (κ2) is 12.9. The van der Waals surface area contributed by atoms with Crippen molar-refractivity contribution >= 4 is 17.9 Å². The van der Waals surface area contributed by atoms with Gasteiger partial charge in [0.1, 0.15) is 29.9 Å². The molecular formula is C34H33N3O7. The van der Waals surface area contributed by atoms with Crippen molar-refractivity contribution < 1.29 is 28.7 Å². The highest BCUT2D eigenvalue weighted by atomic mass is 16.6. The van der Waals surface area contributed by atoms with Crippen LogP contribution in [0.2, 0.25) is 0 Å². The van der Waals surface area contributed by atoms with Crippen molar-refractivity contribution in [1.82, 2.24) is 10.6 Å². The summed E-state index contributed by atoms with van der Waals surface area (Å²) in [5.41, 5.74) is 4.71. The first-order valence-corrected chi connectivity index (χ1v) is 14.2. The fraction of sp³-hybridized carbons (Fsp3) is 0.235. The number of hydrogen-bond donors (Lipinski definition) is 2. The number of non-ortho nitro benzene ring substituents is 1. The second-order valence-corrected chi connectivity index (χ2v) is 11.4. The Hall–Kier alpha value is -5.38. The van der Waals surface area contributed by atoms with Crippen molar-refractivity contribution in [3.05, 3.63) is 124 Å². The normalized spacial score (nSPS) is 12.8. The van der Waals surface area contributed by atoms with Gasteiger partial charge in [-0.3, -0.25) is 10.1 Å². The molecule has 226 valence electrons. The highest BCUT2D eigenvalue weighted by Crippen LogP contribution is 2.44. The molecule has 0 spiro atoms. The number of benzene rings is 4. The van der Waals surface area contributed by atoms with E-state index in [-0.39, 0.29) is 36.0 Å². The maximum atomic E-state index is 13.1. The van der Waals surface area contributed by atoms with Crippen LogP contribution in [0.5, 0.6) is 11.5 Å². The van der Waals surface area contributed by atoms with Crippen molar-refractivity contribution in [2.24, 2.45) is 0 Å². The summed E-state index contributed by atoms with van der Waals surface area (Å²) in [6, 6.07) is 28.5. The number of ether oxygens (including phenoxy) is 3. The topological polar surface area (TPSA) is 129 Å². The number of amides is 2. The number of carbonyl (C=O) groups is 2. The van der Waals surface area contributed by atoms with Gasteiger partial charge in [0.25, 0.3) is 5.69 Å². The zero-order valence-electron chi connectivity index (χ0n) is 24.6. The number of hydrogen-bond acceptors (Lipinski definition) is 7. The van der Waals surface area contributed by atoms with Gasteiger partial charge in [0.05, 0.1) is 4.92 Å². The molecule has 0 heterocycles. The summed E-state index contributed by atoms with van der Waals surface area (Å²) in [5, 5.41) is 16.3. The van der Waals surface area contributed by atoms with E-state index in [0.29, 0.717) is 5.75 Å². The highest BCUT2D eigenvalue weighted by Gasteiger charge is 2.29. The van der Waals surface area contributed by atoms with E-state index in [4.69, 9.17) is 14.2 Å². The summed E-state index contributed by atoms with van der Waals surface area (Å²) in [5.74, 6) is 0.673. The first kappa shape index (κ1) is 30.1. The van der Waals surface area contributed by atoms with Crippen LogP contribution in [0.1, 0.15) is 43.4 Å². The van der Waals surface area contributed by atoms with Crippen LogP contribution in [0.15, 0.2) is 97.1 Å². The Balaban J connectivity index is 1.27. The van der Waals surface area contributed by atoms with E-state index in [0.717, 1.165) is 27.8 Å². The van der Waals surface area contributed by atoms with E-state index in [9.17, 15) is 19.7 Å². The van der Waals surface area contributed by atoms with E-state index >= 15 is 0 Å². The van der Waals surface area contributed by atoms with Crippen LogP contribution in [0.3, 0.4) is 0 Å². The Labute approximate surface area is 255 Å². The number of carbonyl (C=O) groups excluding carboxylic acids is 2. The molecule has 0 saturated carbocycles. The molecule has 0 bridgehead atoms. The van der Waals surface area contributed by atoms with Crippen molar-refractivity contribution in [2.45, 2.75) is 44.9 Å². The van der Waals surface area contributed by atoms with Crippen LogP contribution in [0.4, 0.5) is 15.3 Å². The fourth-order valence-electron chi connectivity index (χ4n) is 5.12. The van der Waals surface area contributed by atoms with E-state index in [1.165, 1.54) is 24.3 Å². The lowest BCUT2D eigenvalue weighted by molar-refractivity contribution is -0.384. The number of rotatable bonds is 9. The second-order valence-electron chi connectivity index (χ2n) is 11.4. The van der Waals surface area contributed by atoms with E-state index in [2.05, 4.69) is 22.8 Å². The van der Waals surface area contributed by atoms with Gasteiger partial charge in [-0.05, 0) is 72.9 Å². The number of nitro benzene ring substituents is 1. The fourth-order valence-corrected chi connectivity index (χ4v) is 5.12. The smallest absolute Gasteiger partial charge is 0.414 e. The third kappa shape index (κ3) is 7.52. The Kier molecular flexibility index (Phi) is 8.80. The van der Waals surface area contributed by atoms with Gasteiger partial charge < -0.3 is 24.8 Å². The summed E-state index contributed by atoms with van der Waals surface area (Å²) in [6.07, 6.45) is -2.24. The Morgan fingerprint density at radius 3 is 1.91 bits per heavy atom. The monoisotopic (exact) mass is 595 g/mol. The van der Waals surface area contributed by atoms with Crippen molar-refractivity contribution in [1.29, 1.82) is 0 Å². The van der Waals surface area contributed by atoms with Crippen LogP contribution in [0, 0.1) is 10.1 Å². The first-order valence-electron chi connectivity index (χ1n) is 14.2. The molecule has 5 rings (SSSR count). The minimum absolute atomic E-state index is 0.108. The van der Waals surface area contributed by atoms with Crippen molar-refractivity contribution in [3.8, 4) is 22.6 Å². The number of nitrogens with one attached hydrogen (secondary N) is 2. The van der Waals surface area contributed by atoms with Crippen LogP contribution in [0.25, 0.3) is 11.1 Å². The van der Waals surface area contributed by atoms with Crippen molar-refractivity contribution in [2.75, 3.05) is 6.61 Å². The molecular weight excluding hydrogens is 562 g/mol. The van der Waals surface area contributed by atoms with Gasteiger partial charge in [0, 0.05) is 24.5 Å². The molecule has 0 radical (unpaired) electrons. The standard InChI is InChI=1S/C34H33N3O7/c1-34(2,3)44-25-16-12-22(13-17-25)20-31(36-33(39)43-24-18-14-23(15-19-24)37(40)41)35-32(38)42-21-30-28-10-6-4-8-26(28)27-9-5-7-11-29(27)30/h4-19,30-31H,20-21H2,1-3H3,(H,35,38)(H,36,39)/t31-/m0/s1. The van der Waals surface area contributed by atoms with Gasteiger partial charge in [0.15, 0.2) is 0 Å². The third-order valence-corrected chi connectivity index (χ3v) is 6.97. The van der Waals surface area contributed by atoms with Gasteiger partial charge in [0.2, 0.25) is 0 Å². The Morgan fingerprint density at radius 1 is 0.795 bits per heavy atom. The molecule has 0 aromatic heterocycles. The molecule has 4 aromatic carbocycles. The molecule has 2 N–H and O–H groups in total. The van der Waals surface area contributed by atoms with E-state index in [1.807, 2.05) is 81.4 Å². The molecule has 2 amide bonds. The summed E-state index contributed by atoms with van der Waals surface area (Å²) >= 11 is 0. The highest BCUT2D eigenvalue weighted by molar-refractivity contribution is 5.79. The lowest BCUT2D eigenvalue weighted by Crippen LogP contribution is -2.50. The van der Waals surface area contributed by atoms with Gasteiger partial charge in [-0.1, -0.05) is 60.7 Å². The number of nitrogens with zero attached hydrogens (tertiary/aromatic N) is 1. The average Bonchev–Trinajstić information content (AvgIpc) is 3.30. The molecule has 4 aromatic rings. The van der Waals surface area contributed by atoms with Gasteiger partial charge in [-0.2, -0.15) is 0 Å². The largest absolute Gasteiger partial charge is 0.488 e. The molecule has 0 unspecified atom stereocenters. The Bertz CT molecular complexity index is 1600. The molecule has 10 nitrogen and oxygen atoms in total. The molecule has 0 saturated heterocycles. The quantitative estimate of drug-likeness (QED) is 0.121. The predicted molar refractivity (Wildman–Crippen MR) is 165 cm³/mol. The van der Waals surface area contributed by atoms with Crippen LogP contribution in [-0.2, 0) is 11.2 Å². The summed E-state index contributed by atoms with van der Waals surface area (Å²) in [7, 11) is 0. The van der Waals surface area contributed by atoms with Gasteiger partial charge >= 0.3 is 12.2 Å². The third-order valence-electron chi connectivity index (χ3n) is 6.97. The summed E-state index contributed by atoms with van der Waals surface area (Å²) in [4.78, 5) is 36.2. The van der Waals surface area contributed by atoms with E-state index < -0.39 is 23.3 Å². The minimum Gasteiger partial charge on any atom is -0.488 e. The zero-order valence-corrected chi connectivity index (χ0v) is 24.6. The molecule has 0 fully saturated rings. The maximum Gasteiger partial charge on any atom is 0.414 e. The van der Waals surface area contributed by atoms with Crippen molar-refractivity contribution in [3.63, 3.8) is 0 Å². The lowest BCUT2D eigenvalue weighted by Gasteiger charge is -2.22. The first-order chi connectivity index (χ1) is 21.1. The molecule has 1 atom stereocenters. The number of nitro groups is 1. The van der Waals surface area contributed by atoms with Gasteiger partial charge in [-0.25, -0.2) is 9.59 Å². The average molecular weight is 596 g/mol. The maximum absolute atomic E-state index is 13.1. The molecule has 10 heteroatoms. The number of alkyl carbamates (subject to hydrolysis) is 1. The van der Waals surface area contributed by atoms with Crippen LogP contribution in [-0.4, -0.2) is 35.5 Å².